The summed E-state index contributed by atoms with van der Waals surface area (Å²) < 4.78 is 0. The second kappa shape index (κ2) is 5.71. The second-order valence-corrected chi connectivity index (χ2v) is 7.07. The Morgan fingerprint density at radius 3 is 2.85 bits per heavy atom. The number of imidazole rings is 1. The smallest absolute Gasteiger partial charge is 0.323 e. The number of pyridine rings is 2. The molecule has 1 saturated heterocycles. The molecule has 0 amide bonds. The fourth-order valence-corrected chi connectivity index (χ4v) is 4.03. The van der Waals surface area contributed by atoms with Crippen LogP contribution >= 0.6 is 0 Å². The summed E-state index contributed by atoms with van der Waals surface area (Å²) in [7, 11) is 0. The third-order valence-electron chi connectivity index (χ3n) is 5.37. The number of aromatic amines is 3. The number of rotatable bonds is 2. The van der Waals surface area contributed by atoms with Gasteiger partial charge in [-0.2, -0.15) is 5.26 Å². The van der Waals surface area contributed by atoms with Crippen LogP contribution in [0.1, 0.15) is 24.1 Å². The molecule has 134 valence electrons. The Kier molecular flexibility index (Phi) is 3.31. The quantitative estimate of drug-likeness (QED) is 0.507. The van der Waals surface area contributed by atoms with Crippen LogP contribution in [0.4, 0.5) is 5.82 Å². The fourth-order valence-electron chi connectivity index (χ4n) is 4.03. The Bertz CT molecular complexity index is 1240. The summed E-state index contributed by atoms with van der Waals surface area (Å²) >= 11 is 0. The van der Waals surface area contributed by atoms with Gasteiger partial charge >= 0.3 is 5.69 Å². The summed E-state index contributed by atoms with van der Waals surface area (Å²) in [5.74, 6) is 1.34. The van der Waals surface area contributed by atoms with Gasteiger partial charge in [-0.25, -0.2) is 14.8 Å². The van der Waals surface area contributed by atoms with Crippen molar-refractivity contribution < 1.29 is 0 Å². The maximum atomic E-state index is 12.0. The number of fused-ring (bicyclic) bond motifs is 3. The van der Waals surface area contributed by atoms with Gasteiger partial charge in [-0.05, 0) is 24.1 Å². The third-order valence-corrected chi connectivity index (χ3v) is 5.37. The molecule has 0 saturated carbocycles. The van der Waals surface area contributed by atoms with Crippen LogP contribution in [0.2, 0.25) is 0 Å². The van der Waals surface area contributed by atoms with E-state index in [4.69, 9.17) is 10.2 Å². The van der Waals surface area contributed by atoms with E-state index in [0.29, 0.717) is 11.5 Å². The number of nitrogens with one attached hydrogen (secondary N) is 3. The van der Waals surface area contributed by atoms with Gasteiger partial charge in [-0.3, -0.25) is 0 Å². The van der Waals surface area contributed by atoms with E-state index in [0.717, 1.165) is 46.7 Å². The van der Waals surface area contributed by atoms with Crippen LogP contribution < -0.4 is 10.6 Å². The average molecular weight is 359 g/mol. The standard InChI is InChI=1S/C19H17N7O/c1-10-8-26(14-3-2-11(6-20)7-22-14)9-13(10)16-17-15(24-19(27)25-17)12-4-5-21-18(12)23-16/h2-5,7,10,13H,8-9H2,1H3,(H,21,23)(H2,24,25,27)/t10-,13-/m0/s1. The minimum atomic E-state index is -0.224. The Morgan fingerprint density at radius 2 is 2.07 bits per heavy atom. The van der Waals surface area contributed by atoms with Gasteiger partial charge in [0.15, 0.2) is 0 Å². The Morgan fingerprint density at radius 1 is 1.22 bits per heavy atom. The second-order valence-electron chi connectivity index (χ2n) is 7.07. The van der Waals surface area contributed by atoms with Crippen LogP contribution in [-0.4, -0.2) is 38.0 Å². The summed E-state index contributed by atoms with van der Waals surface area (Å²) in [6.45, 7) is 3.78. The van der Waals surface area contributed by atoms with E-state index >= 15 is 0 Å². The van der Waals surface area contributed by atoms with Gasteiger partial charge in [0.05, 0.1) is 22.3 Å². The highest BCUT2D eigenvalue weighted by Crippen LogP contribution is 2.37. The molecule has 8 heteroatoms. The van der Waals surface area contributed by atoms with E-state index < -0.39 is 0 Å². The zero-order valence-electron chi connectivity index (χ0n) is 14.7. The number of nitrogens with zero attached hydrogens (tertiary/aromatic N) is 4. The van der Waals surface area contributed by atoms with Gasteiger partial charge in [-0.1, -0.05) is 6.92 Å². The van der Waals surface area contributed by atoms with Crippen molar-refractivity contribution in [3.8, 4) is 6.07 Å². The lowest BCUT2D eigenvalue weighted by atomic mass is 9.93. The first-order valence-electron chi connectivity index (χ1n) is 8.84. The molecule has 1 aliphatic rings. The molecule has 4 aromatic heterocycles. The lowest BCUT2D eigenvalue weighted by Crippen LogP contribution is -2.20. The number of aromatic nitrogens is 5. The molecular formula is C19H17N7O. The maximum Gasteiger partial charge on any atom is 0.323 e. The topological polar surface area (TPSA) is 117 Å². The number of hydrogen-bond acceptors (Lipinski definition) is 5. The summed E-state index contributed by atoms with van der Waals surface area (Å²) in [5.41, 5.74) is 3.56. The molecule has 8 nitrogen and oxygen atoms in total. The lowest BCUT2D eigenvalue weighted by molar-refractivity contribution is 0.565. The van der Waals surface area contributed by atoms with E-state index in [-0.39, 0.29) is 11.6 Å². The summed E-state index contributed by atoms with van der Waals surface area (Å²) in [4.78, 5) is 32.4. The molecule has 0 unspecified atom stereocenters. The summed E-state index contributed by atoms with van der Waals surface area (Å²) in [5, 5.41) is 9.86. The molecule has 2 atom stereocenters. The first-order chi connectivity index (χ1) is 13.1. The zero-order valence-corrected chi connectivity index (χ0v) is 14.7. The molecule has 0 aliphatic carbocycles. The maximum absolute atomic E-state index is 12.0. The highest BCUT2D eigenvalue weighted by Gasteiger charge is 2.34. The van der Waals surface area contributed by atoms with Crippen molar-refractivity contribution in [2.45, 2.75) is 12.8 Å². The fraction of sp³-hybridized carbons (Fsp3) is 0.263. The molecule has 4 aromatic rings. The molecule has 27 heavy (non-hydrogen) atoms. The molecule has 0 spiro atoms. The zero-order chi connectivity index (χ0) is 18.5. The van der Waals surface area contributed by atoms with E-state index in [2.05, 4.69) is 37.8 Å². The van der Waals surface area contributed by atoms with Crippen LogP contribution in [0.5, 0.6) is 0 Å². The van der Waals surface area contributed by atoms with E-state index in [9.17, 15) is 4.79 Å². The van der Waals surface area contributed by atoms with Gasteiger partial charge in [0.2, 0.25) is 0 Å². The summed E-state index contributed by atoms with van der Waals surface area (Å²) in [6.07, 6.45) is 3.43. The van der Waals surface area contributed by atoms with Crippen molar-refractivity contribution in [3.05, 3.63) is 52.3 Å². The minimum absolute atomic E-state index is 0.157. The van der Waals surface area contributed by atoms with Gasteiger partial charge in [0.25, 0.3) is 0 Å². The Hall–Kier alpha value is -3.60. The SMILES string of the molecule is C[C@H]1CN(c2ccc(C#N)cn2)C[C@@H]1c1nc2[nH]ccc2c2[nH]c(=O)[nH]c12. The number of anilines is 1. The Labute approximate surface area is 153 Å². The predicted molar refractivity (Wildman–Crippen MR) is 102 cm³/mol. The molecule has 1 fully saturated rings. The number of H-pyrrole nitrogens is 3. The van der Waals surface area contributed by atoms with Crippen LogP contribution in [0.25, 0.3) is 22.1 Å². The van der Waals surface area contributed by atoms with Crippen molar-refractivity contribution in [2.75, 3.05) is 18.0 Å². The van der Waals surface area contributed by atoms with Crippen molar-refractivity contribution >= 4 is 27.9 Å². The van der Waals surface area contributed by atoms with Crippen LogP contribution in [0.15, 0.2) is 35.4 Å². The number of hydrogen-bond donors (Lipinski definition) is 3. The van der Waals surface area contributed by atoms with Crippen molar-refractivity contribution in [2.24, 2.45) is 5.92 Å². The van der Waals surface area contributed by atoms with E-state index in [1.54, 1.807) is 12.3 Å². The van der Waals surface area contributed by atoms with Gasteiger partial charge in [0.1, 0.15) is 17.5 Å². The van der Waals surface area contributed by atoms with Gasteiger partial charge in [-0.15, -0.1) is 0 Å². The molecule has 3 N–H and O–H groups in total. The van der Waals surface area contributed by atoms with Gasteiger partial charge < -0.3 is 19.9 Å². The molecule has 1 aliphatic heterocycles. The van der Waals surface area contributed by atoms with Crippen molar-refractivity contribution in [3.63, 3.8) is 0 Å². The van der Waals surface area contributed by atoms with Crippen LogP contribution in [0, 0.1) is 17.2 Å². The molecular weight excluding hydrogens is 342 g/mol. The monoisotopic (exact) mass is 359 g/mol. The lowest BCUT2D eigenvalue weighted by Gasteiger charge is -2.17. The number of nitriles is 1. The first kappa shape index (κ1) is 15.6. The first-order valence-corrected chi connectivity index (χ1v) is 8.84. The summed E-state index contributed by atoms with van der Waals surface area (Å²) in [6, 6.07) is 7.67. The van der Waals surface area contributed by atoms with E-state index in [1.807, 2.05) is 18.3 Å². The minimum Gasteiger partial charge on any atom is -0.356 e. The van der Waals surface area contributed by atoms with Crippen LogP contribution in [-0.2, 0) is 0 Å². The highest BCUT2D eigenvalue weighted by molar-refractivity contribution is 6.02. The van der Waals surface area contributed by atoms with E-state index in [1.165, 1.54) is 0 Å². The highest BCUT2D eigenvalue weighted by atomic mass is 16.1. The Balaban J connectivity index is 1.57. The molecule has 0 bridgehead atoms. The molecule has 0 aromatic carbocycles. The van der Waals surface area contributed by atoms with Crippen molar-refractivity contribution in [1.82, 2.24) is 24.9 Å². The van der Waals surface area contributed by atoms with Crippen LogP contribution in [0.3, 0.4) is 0 Å². The van der Waals surface area contributed by atoms with Crippen molar-refractivity contribution in [1.29, 1.82) is 5.26 Å². The molecule has 0 radical (unpaired) electrons. The molecule has 5 rings (SSSR count). The molecule has 5 heterocycles. The van der Waals surface area contributed by atoms with Gasteiger partial charge in [0, 0.05) is 36.8 Å². The third kappa shape index (κ3) is 2.39. The average Bonchev–Trinajstić information content (AvgIpc) is 3.38. The normalized spacial score (nSPS) is 19.8. The largest absolute Gasteiger partial charge is 0.356 e. The predicted octanol–water partition coefficient (Wildman–Crippen LogP) is 2.24.